The summed E-state index contributed by atoms with van der Waals surface area (Å²) >= 11 is 5.79. The average Bonchev–Trinajstić information content (AvgIpc) is 3.31. The van der Waals surface area contributed by atoms with Crippen molar-refractivity contribution >= 4 is 40.5 Å². The fraction of sp³-hybridized carbons (Fsp3) is 0.429. The van der Waals surface area contributed by atoms with Crippen molar-refractivity contribution in [3.63, 3.8) is 0 Å². The Morgan fingerprint density at radius 2 is 2.06 bits per heavy atom. The number of carbonyl (C=O) groups is 2. The van der Waals surface area contributed by atoms with E-state index in [2.05, 4.69) is 25.9 Å². The molecule has 1 aromatic carbocycles. The summed E-state index contributed by atoms with van der Waals surface area (Å²) in [6, 6.07) is 6.76. The lowest BCUT2D eigenvalue weighted by Crippen LogP contribution is -2.51. The molecular weight excluding hydrogens is 437 g/mol. The minimum atomic E-state index is -0.660. The summed E-state index contributed by atoms with van der Waals surface area (Å²) in [5.41, 5.74) is 12.8. The first-order chi connectivity index (χ1) is 15.3. The van der Waals surface area contributed by atoms with Crippen molar-refractivity contribution in [1.29, 1.82) is 0 Å². The molecule has 2 saturated carbocycles. The smallest absolute Gasteiger partial charge is 0.224 e. The van der Waals surface area contributed by atoms with Gasteiger partial charge in [-0.15, -0.1) is 0 Å². The summed E-state index contributed by atoms with van der Waals surface area (Å²) in [5.74, 6) is -1.58. The Kier molecular flexibility index (Phi) is 6.43. The van der Waals surface area contributed by atoms with Crippen molar-refractivity contribution in [2.45, 2.75) is 24.9 Å². The Morgan fingerprint density at radius 3 is 2.81 bits per heavy atom. The van der Waals surface area contributed by atoms with Crippen LogP contribution in [0.5, 0.6) is 0 Å². The highest BCUT2D eigenvalue weighted by molar-refractivity contribution is 6.28. The molecule has 0 aliphatic heterocycles. The summed E-state index contributed by atoms with van der Waals surface area (Å²) in [7, 11) is 0. The third-order valence-corrected chi connectivity index (χ3v) is 6.47. The van der Waals surface area contributed by atoms with Gasteiger partial charge in [0.05, 0.1) is 25.2 Å². The van der Waals surface area contributed by atoms with Crippen LogP contribution in [0.15, 0.2) is 30.5 Å². The number of aromatic nitrogens is 2. The van der Waals surface area contributed by atoms with Crippen LogP contribution in [0.1, 0.15) is 12.8 Å². The van der Waals surface area contributed by atoms with Crippen LogP contribution in [-0.4, -0.2) is 46.8 Å². The van der Waals surface area contributed by atoms with E-state index in [1.54, 1.807) is 12.1 Å². The van der Waals surface area contributed by atoms with E-state index in [9.17, 15) is 14.0 Å². The van der Waals surface area contributed by atoms with E-state index in [-0.39, 0.29) is 47.9 Å². The molecule has 1 aromatic heterocycles. The number of halogens is 2. The number of amides is 1. The van der Waals surface area contributed by atoms with Crippen LogP contribution in [-0.2, 0) is 9.59 Å². The third-order valence-electron chi connectivity index (χ3n) is 6.29. The molecule has 7 N–H and O–H groups in total. The standard InChI is InChI=1S/C21H25ClFN7O2/c22-21-28-9-15(23)20(30-21)29-18-14-4-10(17(18)19(25)32)5-16(14)27-8-13(31)7-26-12-3-1-2-11(24)6-12/h1-3,6,9-10,14,16-18,26-27H,4-5,7-8,24H2,(H2,25,32)(H,28,29,30). The molecule has 2 fully saturated rings. The SMILES string of the molecule is NC(=O)C1C2CC(NCC(=O)CNc3cccc(N)c3)C(C2)C1Nc1nc(Cl)ncc1F. The van der Waals surface area contributed by atoms with E-state index >= 15 is 0 Å². The number of nitrogens with two attached hydrogens (primary N) is 2. The van der Waals surface area contributed by atoms with E-state index in [0.29, 0.717) is 5.69 Å². The molecule has 0 spiro atoms. The van der Waals surface area contributed by atoms with E-state index in [1.807, 2.05) is 12.1 Å². The first-order valence-electron chi connectivity index (χ1n) is 10.4. The molecule has 5 unspecified atom stereocenters. The zero-order valence-corrected chi connectivity index (χ0v) is 18.0. The van der Waals surface area contributed by atoms with Crippen molar-refractivity contribution in [2.24, 2.45) is 23.5 Å². The molecule has 0 saturated heterocycles. The van der Waals surface area contributed by atoms with Gasteiger partial charge >= 0.3 is 0 Å². The van der Waals surface area contributed by atoms with Crippen LogP contribution in [0.2, 0.25) is 5.28 Å². The maximum atomic E-state index is 14.2. The monoisotopic (exact) mass is 461 g/mol. The van der Waals surface area contributed by atoms with Gasteiger partial charge in [-0.3, -0.25) is 9.59 Å². The molecule has 2 aromatic rings. The molecule has 2 aliphatic carbocycles. The molecule has 0 radical (unpaired) electrons. The molecule has 1 amide bonds. The van der Waals surface area contributed by atoms with Crippen LogP contribution in [0.3, 0.4) is 0 Å². The molecule has 9 nitrogen and oxygen atoms in total. The maximum absolute atomic E-state index is 14.2. The van der Waals surface area contributed by atoms with Crippen molar-refractivity contribution in [1.82, 2.24) is 15.3 Å². The number of Topliss-reactive ketones (excluding diaryl/α,β-unsaturated/α-hetero) is 1. The maximum Gasteiger partial charge on any atom is 0.224 e. The zero-order chi connectivity index (χ0) is 22.8. The topological polar surface area (TPSA) is 148 Å². The summed E-state index contributed by atoms with van der Waals surface area (Å²) in [5, 5.41) is 9.29. The first kappa shape index (κ1) is 22.2. The Morgan fingerprint density at radius 1 is 1.25 bits per heavy atom. The summed E-state index contributed by atoms with van der Waals surface area (Å²) < 4.78 is 14.2. The number of benzene rings is 1. The normalized spacial score (nSPS) is 26.1. The first-order valence-corrected chi connectivity index (χ1v) is 10.8. The summed E-state index contributed by atoms with van der Waals surface area (Å²) in [4.78, 5) is 32.0. The number of rotatable bonds is 9. The number of nitrogens with one attached hydrogen (secondary N) is 3. The lowest BCUT2D eigenvalue weighted by molar-refractivity contribution is -0.124. The van der Waals surface area contributed by atoms with Gasteiger partial charge in [0, 0.05) is 23.5 Å². The predicted octanol–water partition coefficient (Wildman–Crippen LogP) is 1.41. The van der Waals surface area contributed by atoms with Gasteiger partial charge in [-0.2, -0.15) is 4.98 Å². The van der Waals surface area contributed by atoms with Crippen molar-refractivity contribution < 1.29 is 14.0 Å². The quantitative estimate of drug-likeness (QED) is 0.278. The second-order valence-corrected chi connectivity index (χ2v) is 8.67. The largest absolute Gasteiger partial charge is 0.399 e. The lowest BCUT2D eigenvalue weighted by atomic mass is 9.81. The second-order valence-electron chi connectivity index (χ2n) is 8.33. The molecule has 4 rings (SSSR count). The Bertz CT molecular complexity index is 1020. The van der Waals surface area contributed by atoms with Crippen LogP contribution >= 0.6 is 11.6 Å². The highest BCUT2D eigenvalue weighted by Crippen LogP contribution is 2.49. The highest BCUT2D eigenvalue weighted by Gasteiger charge is 2.55. The van der Waals surface area contributed by atoms with Crippen LogP contribution < -0.4 is 27.4 Å². The molecule has 1 heterocycles. The van der Waals surface area contributed by atoms with Gasteiger partial charge in [0.2, 0.25) is 11.2 Å². The van der Waals surface area contributed by atoms with Gasteiger partial charge in [0.15, 0.2) is 17.4 Å². The number of hydrogen-bond acceptors (Lipinski definition) is 8. The molecular formula is C21H25ClFN7O2. The van der Waals surface area contributed by atoms with Gasteiger partial charge in [-0.25, -0.2) is 9.37 Å². The Balaban J connectivity index is 1.37. The van der Waals surface area contributed by atoms with E-state index in [0.717, 1.165) is 24.7 Å². The number of primary amides is 1. The number of ketones is 1. The van der Waals surface area contributed by atoms with Gasteiger partial charge in [-0.1, -0.05) is 6.07 Å². The number of carbonyl (C=O) groups excluding carboxylic acids is 2. The third kappa shape index (κ3) is 4.76. The summed E-state index contributed by atoms with van der Waals surface area (Å²) in [6.07, 6.45) is 2.45. The molecule has 170 valence electrons. The lowest BCUT2D eigenvalue weighted by Gasteiger charge is -2.35. The van der Waals surface area contributed by atoms with Gasteiger partial charge in [0.1, 0.15) is 0 Å². The van der Waals surface area contributed by atoms with E-state index in [4.69, 9.17) is 23.1 Å². The van der Waals surface area contributed by atoms with Gasteiger partial charge in [-0.05, 0) is 54.5 Å². The number of anilines is 3. The van der Waals surface area contributed by atoms with Gasteiger partial charge in [0.25, 0.3) is 0 Å². The van der Waals surface area contributed by atoms with Crippen LogP contribution in [0.4, 0.5) is 21.6 Å². The van der Waals surface area contributed by atoms with Crippen LogP contribution in [0.25, 0.3) is 0 Å². The molecule has 2 aliphatic rings. The number of hydrogen-bond donors (Lipinski definition) is 5. The predicted molar refractivity (Wildman–Crippen MR) is 119 cm³/mol. The number of nitrogens with zero attached hydrogens (tertiary/aromatic N) is 2. The minimum Gasteiger partial charge on any atom is -0.399 e. The van der Waals surface area contributed by atoms with Crippen molar-refractivity contribution in [3.05, 3.63) is 41.6 Å². The van der Waals surface area contributed by atoms with Crippen LogP contribution in [0, 0.1) is 23.6 Å². The molecule has 2 bridgehead atoms. The molecule has 5 atom stereocenters. The fourth-order valence-electron chi connectivity index (χ4n) is 4.96. The number of fused-ring (bicyclic) bond motifs is 2. The van der Waals surface area contributed by atoms with Crippen molar-refractivity contribution in [2.75, 3.05) is 29.5 Å². The highest BCUT2D eigenvalue weighted by atomic mass is 35.5. The minimum absolute atomic E-state index is 0.00945. The van der Waals surface area contributed by atoms with E-state index < -0.39 is 23.7 Å². The van der Waals surface area contributed by atoms with Crippen molar-refractivity contribution in [3.8, 4) is 0 Å². The molecule has 32 heavy (non-hydrogen) atoms. The van der Waals surface area contributed by atoms with E-state index in [1.165, 1.54) is 0 Å². The fourth-order valence-corrected chi connectivity index (χ4v) is 5.10. The number of nitrogen functional groups attached to an aromatic ring is 1. The second kappa shape index (κ2) is 9.25. The van der Waals surface area contributed by atoms with Gasteiger partial charge < -0.3 is 27.4 Å². The molecule has 11 heteroatoms. The Hall–Kier alpha value is -2.98. The zero-order valence-electron chi connectivity index (χ0n) is 17.2. The summed E-state index contributed by atoms with van der Waals surface area (Å²) in [6.45, 7) is 0.332. The Labute approximate surface area is 189 Å². The average molecular weight is 462 g/mol.